The first kappa shape index (κ1) is 35.3. The number of aromatic nitrogens is 4. The van der Waals surface area contributed by atoms with E-state index in [0.29, 0.717) is 0 Å². The first-order valence-corrected chi connectivity index (χ1v) is 21.9. The molecule has 0 atom stereocenters. The quantitative estimate of drug-likeness (QED) is 0.113. The Labute approximate surface area is 358 Å². The van der Waals surface area contributed by atoms with Gasteiger partial charge in [-0.25, -0.2) is 9.97 Å². The van der Waals surface area contributed by atoms with Crippen LogP contribution in [0.3, 0.4) is 0 Å². The summed E-state index contributed by atoms with van der Waals surface area (Å²) in [7, 11) is 0. The standard InChI is InChI=1S/C54H41BrN4O2/c1-26-11-9-13-30-36-25-37-31-14-10-12-27(2)43(31)52-57-46-39(20-18-33-35-24-29(54(6,7)8)16-22-41(35)61-50(33)46)59(52)48(37)44(55)47(36)58-38-19-17-32-34-23-28(53(3,4)5)15-21-40(34)60-49(32)45(38)56-51(58)42(26)30/h9-25H,1-8H3. The predicted molar refractivity (Wildman–Crippen MR) is 258 cm³/mol. The zero-order chi connectivity index (χ0) is 41.6. The Kier molecular flexibility index (Phi) is 6.65. The Morgan fingerprint density at radius 1 is 0.475 bits per heavy atom. The molecule has 0 bridgehead atoms. The maximum absolute atomic E-state index is 6.74. The summed E-state index contributed by atoms with van der Waals surface area (Å²) in [6, 6.07) is 37.7. The van der Waals surface area contributed by atoms with E-state index >= 15 is 0 Å². The Hall–Kier alpha value is -6.44. The SMILES string of the molecule is Cc1cccc2c3cc4c5cccc(C)c5c5nc6c7oc8ccc(C(C)(C)C)cc8c7ccc6n5c4c(Br)c3n3c4ccc5c6cc(C(C)(C)C)ccc6oc5c4nc3c12. The zero-order valence-electron chi connectivity index (χ0n) is 35.3. The highest BCUT2D eigenvalue weighted by atomic mass is 79.9. The van der Waals surface area contributed by atoms with E-state index in [-0.39, 0.29) is 10.8 Å². The second-order valence-electron chi connectivity index (χ2n) is 19.3. The molecule has 296 valence electrons. The van der Waals surface area contributed by atoms with Gasteiger partial charge in [-0.1, -0.05) is 90.1 Å². The maximum Gasteiger partial charge on any atom is 0.163 e. The number of pyridine rings is 2. The molecule has 6 heterocycles. The third-order valence-electron chi connectivity index (χ3n) is 13.5. The monoisotopic (exact) mass is 856 g/mol. The number of aryl methyl sites for hydroxylation is 2. The molecule has 0 saturated carbocycles. The van der Waals surface area contributed by atoms with E-state index in [4.69, 9.17) is 18.8 Å². The third kappa shape index (κ3) is 4.52. The van der Waals surface area contributed by atoms with Crippen LogP contribution < -0.4 is 0 Å². The van der Waals surface area contributed by atoms with Crippen LogP contribution in [0, 0.1) is 13.8 Å². The number of nitrogens with zero attached hydrogens (tertiary/aromatic N) is 4. The van der Waals surface area contributed by atoms with Crippen LogP contribution in [0.5, 0.6) is 0 Å². The summed E-state index contributed by atoms with van der Waals surface area (Å²) >= 11 is 4.34. The van der Waals surface area contributed by atoms with Gasteiger partial charge in [0.15, 0.2) is 11.2 Å². The fraction of sp³-hybridized carbons (Fsp3) is 0.185. The lowest BCUT2D eigenvalue weighted by molar-refractivity contribution is 0.590. The van der Waals surface area contributed by atoms with Crippen LogP contribution in [0.2, 0.25) is 0 Å². The van der Waals surface area contributed by atoms with Gasteiger partial charge in [0.1, 0.15) is 33.5 Å². The van der Waals surface area contributed by atoms with Crippen LogP contribution >= 0.6 is 15.9 Å². The number of fused-ring (bicyclic) bond motifs is 24. The number of imidazole rings is 2. The molecule has 0 spiro atoms. The van der Waals surface area contributed by atoms with E-state index in [1.807, 2.05) is 0 Å². The average molecular weight is 858 g/mol. The summed E-state index contributed by atoms with van der Waals surface area (Å²) in [5.74, 6) is 0. The van der Waals surface area contributed by atoms with Gasteiger partial charge in [-0.05, 0) is 128 Å². The molecule has 7 aromatic carbocycles. The highest BCUT2D eigenvalue weighted by molar-refractivity contribution is 9.10. The molecule has 0 aliphatic carbocycles. The fourth-order valence-corrected chi connectivity index (χ4v) is 11.1. The van der Waals surface area contributed by atoms with Gasteiger partial charge in [-0.2, -0.15) is 0 Å². The second-order valence-corrected chi connectivity index (χ2v) is 20.1. The van der Waals surface area contributed by atoms with Gasteiger partial charge in [0.2, 0.25) is 0 Å². The van der Waals surface area contributed by atoms with Gasteiger partial charge in [0, 0.05) is 43.1 Å². The molecule has 13 aromatic rings. The van der Waals surface area contributed by atoms with Crippen LogP contribution in [-0.2, 0) is 10.8 Å². The molecule has 0 unspecified atom stereocenters. The Morgan fingerprint density at radius 3 is 1.34 bits per heavy atom. The number of rotatable bonds is 0. The van der Waals surface area contributed by atoms with E-state index in [0.717, 1.165) is 125 Å². The molecule has 0 aliphatic heterocycles. The summed E-state index contributed by atoms with van der Waals surface area (Å²) in [5.41, 5.74) is 15.9. The molecule has 61 heavy (non-hydrogen) atoms. The van der Waals surface area contributed by atoms with E-state index in [2.05, 4.69) is 183 Å². The first-order valence-electron chi connectivity index (χ1n) is 21.1. The van der Waals surface area contributed by atoms with Crippen molar-refractivity contribution in [1.82, 2.24) is 18.8 Å². The lowest BCUT2D eigenvalue weighted by atomic mass is 9.86. The normalized spacial score (nSPS) is 13.3. The van der Waals surface area contributed by atoms with Crippen molar-refractivity contribution in [3.05, 3.63) is 130 Å². The second kappa shape index (κ2) is 11.5. The van der Waals surface area contributed by atoms with Crippen molar-refractivity contribution < 1.29 is 8.83 Å². The van der Waals surface area contributed by atoms with Crippen molar-refractivity contribution in [3.63, 3.8) is 0 Å². The zero-order valence-corrected chi connectivity index (χ0v) is 36.9. The van der Waals surface area contributed by atoms with Gasteiger partial charge >= 0.3 is 0 Å². The minimum absolute atomic E-state index is 0.0135. The van der Waals surface area contributed by atoms with Crippen molar-refractivity contribution in [2.45, 2.75) is 66.2 Å². The number of hydrogen-bond acceptors (Lipinski definition) is 4. The van der Waals surface area contributed by atoms with Crippen LogP contribution in [0.25, 0.3) is 121 Å². The summed E-state index contributed by atoms with van der Waals surface area (Å²) in [6.07, 6.45) is 0. The minimum atomic E-state index is 0.0135. The Bertz CT molecular complexity index is 3900. The van der Waals surface area contributed by atoms with Gasteiger partial charge in [0.25, 0.3) is 0 Å². The molecular weight excluding hydrogens is 817 g/mol. The van der Waals surface area contributed by atoms with Crippen LogP contribution in [0.1, 0.15) is 63.8 Å². The summed E-state index contributed by atoms with van der Waals surface area (Å²) in [4.78, 5) is 11.1. The van der Waals surface area contributed by atoms with Gasteiger partial charge < -0.3 is 8.83 Å². The maximum atomic E-state index is 6.74. The molecule has 13 rings (SSSR count). The molecule has 0 saturated heterocycles. The summed E-state index contributed by atoms with van der Waals surface area (Å²) in [6.45, 7) is 17.9. The van der Waals surface area contributed by atoms with Gasteiger partial charge in [0.05, 0.1) is 26.5 Å². The average Bonchev–Trinajstić information content (AvgIpc) is 4.00. The Balaban J connectivity index is 1.22. The van der Waals surface area contributed by atoms with E-state index in [1.54, 1.807) is 0 Å². The molecule has 0 amide bonds. The summed E-state index contributed by atoms with van der Waals surface area (Å²) in [5, 5.41) is 11.3. The molecular formula is C54H41BrN4O2. The number of benzene rings is 7. The van der Waals surface area contributed by atoms with E-state index in [9.17, 15) is 0 Å². The van der Waals surface area contributed by atoms with Crippen molar-refractivity contribution in [2.24, 2.45) is 0 Å². The topological polar surface area (TPSA) is 60.9 Å². The molecule has 0 radical (unpaired) electrons. The predicted octanol–water partition coefficient (Wildman–Crippen LogP) is 15.7. The van der Waals surface area contributed by atoms with Gasteiger partial charge in [-0.15, -0.1) is 0 Å². The van der Waals surface area contributed by atoms with Crippen molar-refractivity contribution in [3.8, 4) is 0 Å². The van der Waals surface area contributed by atoms with E-state index < -0.39 is 0 Å². The molecule has 6 nitrogen and oxygen atoms in total. The minimum Gasteiger partial charge on any atom is -0.454 e. The highest BCUT2D eigenvalue weighted by Gasteiger charge is 2.27. The highest BCUT2D eigenvalue weighted by Crippen LogP contribution is 2.47. The number of hydrogen-bond donors (Lipinski definition) is 0. The lowest BCUT2D eigenvalue weighted by Crippen LogP contribution is -2.10. The molecule has 0 fully saturated rings. The van der Waals surface area contributed by atoms with Crippen LogP contribution in [0.15, 0.2) is 116 Å². The van der Waals surface area contributed by atoms with Crippen LogP contribution in [-0.4, -0.2) is 18.8 Å². The third-order valence-corrected chi connectivity index (χ3v) is 14.2. The molecule has 0 aliphatic rings. The number of furan rings is 2. The van der Waals surface area contributed by atoms with Gasteiger partial charge in [-0.3, -0.25) is 8.80 Å². The lowest BCUT2D eigenvalue weighted by Gasteiger charge is -2.18. The first-order chi connectivity index (χ1) is 29.3. The smallest absolute Gasteiger partial charge is 0.163 e. The van der Waals surface area contributed by atoms with E-state index in [1.165, 1.54) is 22.3 Å². The molecule has 0 N–H and O–H groups in total. The number of halogens is 1. The Morgan fingerprint density at radius 2 is 0.918 bits per heavy atom. The summed E-state index contributed by atoms with van der Waals surface area (Å²) < 4.78 is 19.2. The van der Waals surface area contributed by atoms with Crippen LogP contribution in [0.4, 0.5) is 0 Å². The fourth-order valence-electron chi connectivity index (χ4n) is 10.3. The van der Waals surface area contributed by atoms with Crippen molar-refractivity contribution >= 4 is 137 Å². The molecule has 7 heteroatoms. The molecule has 6 aromatic heterocycles. The van der Waals surface area contributed by atoms with Crippen molar-refractivity contribution in [1.29, 1.82) is 0 Å². The van der Waals surface area contributed by atoms with Crippen molar-refractivity contribution in [2.75, 3.05) is 0 Å². The largest absolute Gasteiger partial charge is 0.454 e.